The Labute approximate surface area is 102 Å². The predicted octanol–water partition coefficient (Wildman–Crippen LogP) is 0.778. The van der Waals surface area contributed by atoms with Crippen LogP contribution in [0.15, 0.2) is 24.3 Å². The van der Waals surface area contributed by atoms with Crippen LogP contribution in [0.25, 0.3) is 0 Å². The van der Waals surface area contributed by atoms with E-state index >= 15 is 0 Å². The number of benzene rings is 1. The Bertz CT molecular complexity index is 377. The third-order valence-electron chi connectivity index (χ3n) is 2.66. The van der Waals surface area contributed by atoms with Gasteiger partial charge < -0.3 is 16.2 Å². The van der Waals surface area contributed by atoms with Gasteiger partial charge in [0.15, 0.2) is 0 Å². The lowest BCUT2D eigenvalue weighted by molar-refractivity contribution is -0.123. The van der Waals surface area contributed by atoms with Gasteiger partial charge in [0.05, 0.1) is 12.6 Å². The fraction of sp³-hybridized carbons (Fsp3) is 0.462. The molecule has 0 bridgehead atoms. The first-order valence-electron chi connectivity index (χ1n) is 5.76. The highest BCUT2D eigenvalue weighted by Gasteiger charge is 2.16. The second-order valence-corrected chi connectivity index (χ2v) is 4.47. The van der Waals surface area contributed by atoms with Crippen molar-refractivity contribution < 1.29 is 9.90 Å². The predicted molar refractivity (Wildman–Crippen MR) is 67.0 cm³/mol. The van der Waals surface area contributed by atoms with Crippen LogP contribution in [0.2, 0.25) is 0 Å². The Morgan fingerprint density at radius 3 is 2.65 bits per heavy atom. The minimum absolute atomic E-state index is 0.00724. The molecule has 4 heteroatoms. The van der Waals surface area contributed by atoms with Crippen molar-refractivity contribution in [2.45, 2.75) is 33.0 Å². The number of carbonyl (C=O) groups is 1. The van der Waals surface area contributed by atoms with Crippen LogP contribution in [-0.2, 0) is 17.9 Å². The maximum atomic E-state index is 11.6. The van der Waals surface area contributed by atoms with Crippen LogP contribution < -0.4 is 11.1 Å². The maximum Gasteiger partial charge on any atom is 0.237 e. The first kappa shape index (κ1) is 13.7. The number of nitrogens with two attached hydrogens (primary N) is 1. The van der Waals surface area contributed by atoms with E-state index in [0.717, 1.165) is 11.1 Å². The highest BCUT2D eigenvalue weighted by Crippen LogP contribution is 2.05. The number of nitrogens with one attached hydrogen (secondary N) is 1. The topological polar surface area (TPSA) is 75.4 Å². The van der Waals surface area contributed by atoms with Crippen LogP contribution in [0, 0.1) is 5.92 Å². The molecular formula is C13H20N2O2. The van der Waals surface area contributed by atoms with Crippen molar-refractivity contribution in [2.75, 3.05) is 0 Å². The summed E-state index contributed by atoms with van der Waals surface area (Å²) < 4.78 is 0. The highest BCUT2D eigenvalue weighted by molar-refractivity contribution is 5.81. The van der Waals surface area contributed by atoms with Crippen LogP contribution in [0.4, 0.5) is 0 Å². The number of amides is 1. The molecule has 0 saturated heterocycles. The summed E-state index contributed by atoms with van der Waals surface area (Å²) in [6, 6.07) is 6.98. The van der Waals surface area contributed by atoms with Crippen molar-refractivity contribution in [3.8, 4) is 0 Å². The van der Waals surface area contributed by atoms with Crippen LogP contribution in [-0.4, -0.2) is 17.1 Å². The molecule has 94 valence electrons. The van der Waals surface area contributed by atoms with Crippen LogP contribution in [0.3, 0.4) is 0 Å². The van der Waals surface area contributed by atoms with Crippen molar-refractivity contribution in [3.05, 3.63) is 35.4 Å². The molecule has 1 aromatic carbocycles. The zero-order valence-corrected chi connectivity index (χ0v) is 10.3. The van der Waals surface area contributed by atoms with E-state index in [1.807, 2.05) is 38.1 Å². The van der Waals surface area contributed by atoms with Gasteiger partial charge in [-0.1, -0.05) is 38.1 Å². The maximum absolute atomic E-state index is 11.6. The molecule has 4 N–H and O–H groups in total. The lowest BCUT2D eigenvalue weighted by Gasteiger charge is -2.15. The molecule has 0 unspecified atom stereocenters. The molecule has 0 saturated carbocycles. The van der Waals surface area contributed by atoms with Crippen LogP contribution in [0.1, 0.15) is 25.0 Å². The van der Waals surface area contributed by atoms with Gasteiger partial charge in [-0.15, -0.1) is 0 Å². The number of rotatable bonds is 5. The van der Waals surface area contributed by atoms with Crippen LogP contribution >= 0.6 is 0 Å². The van der Waals surface area contributed by atoms with Gasteiger partial charge in [-0.2, -0.15) is 0 Å². The average Bonchev–Trinajstić information content (AvgIpc) is 2.35. The fourth-order valence-corrected chi connectivity index (χ4v) is 1.45. The Morgan fingerprint density at radius 2 is 2.06 bits per heavy atom. The minimum Gasteiger partial charge on any atom is -0.392 e. The molecule has 1 atom stereocenters. The van der Waals surface area contributed by atoms with Crippen molar-refractivity contribution >= 4 is 5.91 Å². The van der Waals surface area contributed by atoms with Crippen molar-refractivity contribution in [2.24, 2.45) is 11.7 Å². The van der Waals surface area contributed by atoms with Gasteiger partial charge in [-0.05, 0) is 17.0 Å². The number of hydrogen-bond acceptors (Lipinski definition) is 3. The first-order valence-corrected chi connectivity index (χ1v) is 5.76. The molecular weight excluding hydrogens is 216 g/mol. The second kappa shape index (κ2) is 6.37. The van der Waals surface area contributed by atoms with E-state index in [2.05, 4.69) is 5.32 Å². The number of aliphatic hydroxyl groups is 1. The summed E-state index contributed by atoms with van der Waals surface area (Å²) in [6.45, 7) is 4.27. The Hall–Kier alpha value is -1.39. The molecule has 4 nitrogen and oxygen atoms in total. The Balaban J connectivity index is 2.52. The summed E-state index contributed by atoms with van der Waals surface area (Å²) in [5.41, 5.74) is 7.53. The van der Waals surface area contributed by atoms with Gasteiger partial charge in [0.25, 0.3) is 0 Å². The molecule has 0 aromatic heterocycles. The molecule has 1 aromatic rings. The second-order valence-electron chi connectivity index (χ2n) is 4.47. The van der Waals surface area contributed by atoms with Crippen molar-refractivity contribution in [3.63, 3.8) is 0 Å². The van der Waals surface area contributed by atoms with Crippen LogP contribution in [0.5, 0.6) is 0 Å². The Morgan fingerprint density at radius 1 is 1.41 bits per heavy atom. The van der Waals surface area contributed by atoms with Gasteiger partial charge in [0.1, 0.15) is 0 Å². The van der Waals surface area contributed by atoms with E-state index in [4.69, 9.17) is 10.8 Å². The lowest BCUT2D eigenvalue weighted by atomic mass is 10.0. The summed E-state index contributed by atoms with van der Waals surface area (Å²) in [6.07, 6.45) is 0. The van der Waals surface area contributed by atoms with E-state index in [1.54, 1.807) is 0 Å². The molecule has 0 radical (unpaired) electrons. The summed E-state index contributed by atoms with van der Waals surface area (Å²) >= 11 is 0. The molecule has 0 heterocycles. The van der Waals surface area contributed by atoms with E-state index < -0.39 is 6.04 Å². The van der Waals surface area contributed by atoms with Crippen molar-refractivity contribution in [1.29, 1.82) is 0 Å². The van der Waals surface area contributed by atoms with E-state index in [9.17, 15) is 4.79 Å². The van der Waals surface area contributed by atoms with E-state index in [1.165, 1.54) is 0 Å². The Kier molecular flexibility index (Phi) is 5.12. The molecule has 0 aliphatic rings. The van der Waals surface area contributed by atoms with Gasteiger partial charge in [0.2, 0.25) is 5.91 Å². The highest BCUT2D eigenvalue weighted by atomic mass is 16.3. The van der Waals surface area contributed by atoms with Gasteiger partial charge >= 0.3 is 0 Å². The number of carbonyl (C=O) groups excluding carboxylic acids is 1. The summed E-state index contributed by atoms with van der Waals surface area (Å²) in [5, 5.41) is 11.8. The SMILES string of the molecule is CC(C)[C@@H](N)C(=O)NCc1cccc(CO)c1. The smallest absolute Gasteiger partial charge is 0.237 e. The summed E-state index contributed by atoms with van der Waals surface area (Å²) in [7, 11) is 0. The molecule has 1 rings (SSSR count). The van der Waals surface area contributed by atoms with E-state index in [-0.39, 0.29) is 18.4 Å². The normalized spacial score (nSPS) is 12.5. The summed E-state index contributed by atoms with van der Waals surface area (Å²) in [5.74, 6) is -0.0202. The molecule has 0 aliphatic carbocycles. The minimum atomic E-state index is -0.476. The van der Waals surface area contributed by atoms with Gasteiger partial charge in [-0.3, -0.25) is 4.79 Å². The zero-order valence-electron chi connectivity index (χ0n) is 10.3. The number of hydrogen-bond donors (Lipinski definition) is 3. The summed E-state index contributed by atoms with van der Waals surface area (Å²) in [4.78, 5) is 11.6. The third kappa shape index (κ3) is 4.17. The lowest BCUT2D eigenvalue weighted by Crippen LogP contribution is -2.43. The molecule has 1 amide bonds. The van der Waals surface area contributed by atoms with Gasteiger partial charge in [-0.25, -0.2) is 0 Å². The first-order chi connectivity index (χ1) is 8.04. The quantitative estimate of drug-likeness (QED) is 0.707. The molecule has 0 fully saturated rings. The van der Waals surface area contributed by atoms with E-state index in [0.29, 0.717) is 6.54 Å². The van der Waals surface area contributed by atoms with Gasteiger partial charge in [0, 0.05) is 6.54 Å². The largest absolute Gasteiger partial charge is 0.392 e. The zero-order chi connectivity index (χ0) is 12.8. The molecule has 17 heavy (non-hydrogen) atoms. The molecule has 0 spiro atoms. The fourth-order valence-electron chi connectivity index (χ4n) is 1.45. The standard InChI is InChI=1S/C13H20N2O2/c1-9(2)12(14)13(17)15-7-10-4-3-5-11(6-10)8-16/h3-6,9,12,16H,7-8,14H2,1-2H3,(H,15,17)/t12-/m1/s1. The monoisotopic (exact) mass is 236 g/mol. The van der Waals surface area contributed by atoms with Crippen molar-refractivity contribution in [1.82, 2.24) is 5.32 Å². The average molecular weight is 236 g/mol. The molecule has 0 aliphatic heterocycles. The number of aliphatic hydroxyl groups excluding tert-OH is 1. The third-order valence-corrected chi connectivity index (χ3v) is 2.66.